The molecular formula is C8H12N2OS2. The summed E-state index contributed by atoms with van der Waals surface area (Å²) in [5.74, 6) is 0.829. The van der Waals surface area contributed by atoms with Gasteiger partial charge in [0.05, 0.1) is 5.69 Å². The molecule has 0 radical (unpaired) electrons. The molecule has 1 aromatic rings. The van der Waals surface area contributed by atoms with Crippen molar-refractivity contribution in [3.05, 3.63) is 14.7 Å². The van der Waals surface area contributed by atoms with Crippen LogP contribution in [0.25, 0.3) is 0 Å². The van der Waals surface area contributed by atoms with Gasteiger partial charge in [-0.1, -0.05) is 12.2 Å². The summed E-state index contributed by atoms with van der Waals surface area (Å²) in [6, 6.07) is 0. The molecule has 0 bridgehead atoms. The first kappa shape index (κ1) is 10.5. The van der Waals surface area contributed by atoms with E-state index in [0.717, 1.165) is 24.4 Å². The molecule has 0 aromatic heterocycles. The number of hydrogen-bond donors (Lipinski definition) is 3. The van der Waals surface area contributed by atoms with E-state index < -0.39 is 0 Å². The number of rotatable bonds is 5. The maximum Gasteiger partial charge on any atom is 0.223 e. The second-order valence-electron chi connectivity index (χ2n) is 2.66. The standard InChI is InChI=1S/C8H12N2OS2/c1-9-5-6(8(13)7(5)11)10-3-2-4-12/h9-10,12H,2-4H2,1H3. The van der Waals surface area contributed by atoms with Gasteiger partial charge < -0.3 is 10.6 Å². The Bertz CT molecular complexity index is 355. The van der Waals surface area contributed by atoms with E-state index in [4.69, 9.17) is 12.2 Å². The molecule has 0 amide bonds. The minimum atomic E-state index is -0.0640. The molecule has 5 heteroatoms. The summed E-state index contributed by atoms with van der Waals surface area (Å²) >= 11 is 8.98. The van der Waals surface area contributed by atoms with E-state index in [9.17, 15) is 4.79 Å². The molecule has 1 aromatic carbocycles. The third kappa shape index (κ3) is 2.03. The lowest BCUT2D eigenvalue weighted by Crippen LogP contribution is -2.20. The van der Waals surface area contributed by atoms with Crippen molar-refractivity contribution in [2.24, 2.45) is 0 Å². The van der Waals surface area contributed by atoms with E-state index in [2.05, 4.69) is 23.3 Å². The molecular weight excluding hydrogens is 204 g/mol. The van der Waals surface area contributed by atoms with Gasteiger partial charge in [0.25, 0.3) is 0 Å². The van der Waals surface area contributed by atoms with Crippen LogP contribution in [0.2, 0.25) is 0 Å². The van der Waals surface area contributed by atoms with Gasteiger partial charge in [0.1, 0.15) is 10.2 Å². The zero-order valence-electron chi connectivity index (χ0n) is 7.39. The van der Waals surface area contributed by atoms with Crippen LogP contribution in [0.15, 0.2) is 4.79 Å². The van der Waals surface area contributed by atoms with Crippen molar-refractivity contribution in [3.8, 4) is 0 Å². The molecule has 72 valence electrons. The van der Waals surface area contributed by atoms with Gasteiger partial charge in [0, 0.05) is 13.6 Å². The number of thiol groups is 1. The van der Waals surface area contributed by atoms with Gasteiger partial charge in [-0.2, -0.15) is 12.6 Å². The minimum Gasteiger partial charge on any atom is -0.383 e. The van der Waals surface area contributed by atoms with Crippen molar-refractivity contribution in [1.29, 1.82) is 0 Å². The van der Waals surface area contributed by atoms with Gasteiger partial charge in [0.15, 0.2) is 0 Å². The molecule has 0 aliphatic heterocycles. The van der Waals surface area contributed by atoms with Gasteiger partial charge in [-0.15, -0.1) is 0 Å². The van der Waals surface area contributed by atoms with E-state index in [1.54, 1.807) is 7.05 Å². The Morgan fingerprint density at radius 2 is 2.15 bits per heavy atom. The van der Waals surface area contributed by atoms with Crippen LogP contribution in [-0.4, -0.2) is 19.3 Å². The average Bonchev–Trinajstić information content (AvgIpc) is 2.16. The smallest absolute Gasteiger partial charge is 0.223 e. The molecule has 0 spiro atoms. The second-order valence-corrected chi connectivity index (χ2v) is 3.52. The summed E-state index contributed by atoms with van der Waals surface area (Å²) in [4.78, 5) is 11.1. The van der Waals surface area contributed by atoms with Gasteiger partial charge in [-0.25, -0.2) is 0 Å². The van der Waals surface area contributed by atoms with Crippen LogP contribution in [-0.2, 0) is 0 Å². The van der Waals surface area contributed by atoms with Crippen molar-refractivity contribution in [3.63, 3.8) is 0 Å². The normalized spacial score (nSPS) is 10.3. The SMILES string of the molecule is CNc1c(NCCCS)c(=S)c1=O. The molecule has 0 heterocycles. The summed E-state index contributed by atoms with van der Waals surface area (Å²) in [5.41, 5.74) is 1.32. The summed E-state index contributed by atoms with van der Waals surface area (Å²) < 4.78 is 0.406. The van der Waals surface area contributed by atoms with Crippen LogP contribution in [0.3, 0.4) is 0 Å². The van der Waals surface area contributed by atoms with E-state index >= 15 is 0 Å². The second kappa shape index (κ2) is 4.62. The van der Waals surface area contributed by atoms with Crippen LogP contribution in [0, 0.1) is 4.51 Å². The quantitative estimate of drug-likeness (QED) is 0.396. The predicted molar refractivity (Wildman–Crippen MR) is 62.4 cm³/mol. The van der Waals surface area contributed by atoms with Gasteiger partial charge in [0.2, 0.25) is 5.43 Å². The van der Waals surface area contributed by atoms with Crippen LogP contribution in [0.5, 0.6) is 0 Å². The summed E-state index contributed by atoms with van der Waals surface area (Å²) in [6.45, 7) is 0.803. The van der Waals surface area contributed by atoms with Crippen LogP contribution < -0.4 is 16.1 Å². The average molecular weight is 216 g/mol. The van der Waals surface area contributed by atoms with Gasteiger partial charge in [-0.05, 0) is 12.2 Å². The molecule has 0 saturated heterocycles. The largest absolute Gasteiger partial charge is 0.383 e. The number of nitrogens with one attached hydrogen (secondary N) is 2. The summed E-state index contributed by atoms with van der Waals surface area (Å²) in [6.07, 6.45) is 0.959. The highest BCUT2D eigenvalue weighted by Crippen LogP contribution is 2.21. The third-order valence-corrected chi connectivity index (χ3v) is 2.50. The van der Waals surface area contributed by atoms with E-state index in [-0.39, 0.29) is 5.43 Å². The molecule has 1 rings (SSSR count). The molecule has 0 saturated carbocycles. The Morgan fingerprint density at radius 3 is 2.69 bits per heavy atom. The summed E-state index contributed by atoms with van der Waals surface area (Å²) in [5, 5.41) is 5.93. The van der Waals surface area contributed by atoms with E-state index in [1.807, 2.05) is 0 Å². The highest BCUT2D eigenvalue weighted by atomic mass is 32.1. The molecule has 0 aliphatic carbocycles. The monoisotopic (exact) mass is 216 g/mol. The Balaban J connectivity index is 2.62. The Kier molecular flexibility index (Phi) is 3.74. The van der Waals surface area contributed by atoms with Crippen LogP contribution in [0.4, 0.5) is 11.4 Å². The van der Waals surface area contributed by atoms with E-state index in [0.29, 0.717) is 10.2 Å². The fourth-order valence-corrected chi connectivity index (χ4v) is 1.53. The Labute approximate surface area is 87.6 Å². The lowest BCUT2D eigenvalue weighted by atomic mass is 10.2. The predicted octanol–water partition coefficient (Wildman–Crippen LogP) is 1.43. The number of anilines is 2. The fourth-order valence-electron chi connectivity index (χ4n) is 1.09. The Morgan fingerprint density at radius 1 is 1.46 bits per heavy atom. The maximum absolute atomic E-state index is 11.1. The molecule has 13 heavy (non-hydrogen) atoms. The number of hydrogen-bond acceptors (Lipinski definition) is 5. The van der Waals surface area contributed by atoms with Gasteiger partial charge in [-0.3, -0.25) is 4.79 Å². The fraction of sp³-hybridized carbons (Fsp3) is 0.500. The summed E-state index contributed by atoms with van der Waals surface area (Å²) in [7, 11) is 1.72. The molecule has 0 unspecified atom stereocenters. The first-order valence-electron chi connectivity index (χ1n) is 4.08. The highest BCUT2D eigenvalue weighted by molar-refractivity contribution is 7.80. The lowest BCUT2D eigenvalue weighted by Gasteiger charge is -2.13. The van der Waals surface area contributed by atoms with Gasteiger partial charge >= 0.3 is 0 Å². The minimum absolute atomic E-state index is 0.0640. The molecule has 0 fully saturated rings. The Hall–Kier alpha value is -0.550. The first-order valence-corrected chi connectivity index (χ1v) is 5.12. The van der Waals surface area contributed by atoms with Crippen molar-refractivity contribution in [2.75, 3.05) is 30.0 Å². The van der Waals surface area contributed by atoms with E-state index in [1.165, 1.54) is 0 Å². The lowest BCUT2D eigenvalue weighted by molar-refractivity contribution is 0.991. The first-order chi connectivity index (χ1) is 6.22. The van der Waals surface area contributed by atoms with Crippen LogP contribution in [0.1, 0.15) is 6.42 Å². The van der Waals surface area contributed by atoms with Crippen molar-refractivity contribution >= 4 is 36.2 Å². The van der Waals surface area contributed by atoms with Crippen molar-refractivity contribution in [2.45, 2.75) is 6.42 Å². The molecule has 2 N–H and O–H groups in total. The highest BCUT2D eigenvalue weighted by Gasteiger charge is 2.14. The zero-order chi connectivity index (χ0) is 9.84. The molecule has 3 nitrogen and oxygen atoms in total. The van der Waals surface area contributed by atoms with Crippen LogP contribution >= 0.6 is 24.8 Å². The van der Waals surface area contributed by atoms with Crippen molar-refractivity contribution < 1.29 is 0 Å². The topological polar surface area (TPSA) is 41.1 Å². The molecule has 0 aliphatic rings. The third-order valence-electron chi connectivity index (χ3n) is 1.80. The maximum atomic E-state index is 11.1. The van der Waals surface area contributed by atoms with Crippen molar-refractivity contribution in [1.82, 2.24) is 0 Å². The zero-order valence-corrected chi connectivity index (χ0v) is 9.10. The molecule has 0 atom stereocenters.